The molecule has 2 aliphatic rings. The second-order valence-electron chi connectivity index (χ2n) is 8.85. The summed E-state index contributed by atoms with van der Waals surface area (Å²) in [6, 6.07) is 17.4. The number of primary amides is 1. The van der Waals surface area contributed by atoms with Crippen LogP contribution in [0.15, 0.2) is 48.5 Å². The zero-order valence-electron chi connectivity index (χ0n) is 18.2. The number of nitrogens with two attached hydrogens (primary N) is 1. The molecular weight excluding hydrogens is 386 g/mol. The molecule has 2 N–H and O–H groups in total. The van der Waals surface area contributed by atoms with Crippen LogP contribution in [-0.4, -0.2) is 46.4 Å². The molecule has 3 aromatic rings. The first kappa shape index (κ1) is 19.9. The summed E-state index contributed by atoms with van der Waals surface area (Å²) in [6.45, 7) is 4.39. The first-order chi connectivity index (χ1) is 15.1. The lowest BCUT2D eigenvalue weighted by Gasteiger charge is -2.42. The van der Waals surface area contributed by atoms with E-state index in [9.17, 15) is 4.79 Å². The first-order valence-electron chi connectivity index (χ1n) is 11.5. The Kier molecular flexibility index (Phi) is 5.30. The summed E-state index contributed by atoms with van der Waals surface area (Å²) in [5.41, 5.74) is 10.6. The second kappa shape index (κ2) is 8.25. The predicted molar refractivity (Wildman–Crippen MR) is 124 cm³/mol. The minimum absolute atomic E-state index is 0.0621. The molecule has 162 valence electrons. The highest BCUT2D eigenvalue weighted by Gasteiger charge is 2.30. The fourth-order valence-electron chi connectivity index (χ4n) is 5.00. The maximum atomic E-state index is 12.1. The Hall–Kier alpha value is -3.02. The summed E-state index contributed by atoms with van der Waals surface area (Å²) in [4.78, 5) is 16.3. The highest BCUT2D eigenvalue weighted by Crippen LogP contribution is 2.36. The van der Waals surface area contributed by atoms with Crippen LogP contribution in [0.3, 0.4) is 0 Å². The molecule has 2 heterocycles. The van der Waals surface area contributed by atoms with E-state index in [1.54, 1.807) is 0 Å². The van der Waals surface area contributed by atoms with Crippen molar-refractivity contribution < 1.29 is 4.79 Å². The molecule has 5 rings (SSSR count). The van der Waals surface area contributed by atoms with Gasteiger partial charge in [0.1, 0.15) is 0 Å². The van der Waals surface area contributed by atoms with Crippen LogP contribution in [0.4, 0.5) is 10.5 Å². The van der Waals surface area contributed by atoms with Crippen molar-refractivity contribution in [2.24, 2.45) is 5.73 Å². The van der Waals surface area contributed by atoms with E-state index in [1.807, 2.05) is 23.1 Å². The monoisotopic (exact) mass is 417 g/mol. The SMILES string of the molecule is CCc1nn(C2CCC2)c2cc(N3CCN(C(N)=O)[C@@H](Cc4ccccc4)C3)ccc12. The van der Waals surface area contributed by atoms with Crippen LogP contribution in [0.1, 0.15) is 43.5 Å². The number of fused-ring (bicyclic) bond motifs is 1. The number of urea groups is 1. The fourth-order valence-corrected chi connectivity index (χ4v) is 5.00. The van der Waals surface area contributed by atoms with E-state index in [2.05, 4.69) is 46.8 Å². The Balaban J connectivity index is 1.44. The molecule has 2 amide bonds. The van der Waals surface area contributed by atoms with Crippen LogP contribution in [0.25, 0.3) is 10.9 Å². The summed E-state index contributed by atoms with van der Waals surface area (Å²) < 4.78 is 2.27. The molecule has 6 heteroatoms. The number of benzene rings is 2. The maximum Gasteiger partial charge on any atom is 0.315 e. The minimum atomic E-state index is -0.327. The largest absolute Gasteiger partial charge is 0.368 e. The van der Waals surface area contributed by atoms with Crippen molar-refractivity contribution in [1.29, 1.82) is 0 Å². The molecule has 1 aromatic heterocycles. The Morgan fingerprint density at radius 1 is 1.13 bits per heavy atom. The number of aryl methyl sites for hydroxylation is 1. The molecule has 31 heavy (non-hydrogen) atoms. The topological polar surface area (TPSA) is 67.4 Å². The summed E-state index contributed by atoms with van der Waals surface area (Å²) >= 11 is 0. The van der Waals surface area contributed by atoms with E-state index >= 15 is 0 Å². The Morgan fingerprint density at radius 3 is 2.61 bits per heavy atom. The van der Waals surface area contributed by atoms with E-state index in [-0.39, 0.29) is 12.1 Å². The zero-order chi connectivity index (χ0) is 21.4. The highest BCUT2D eigenvalue weighted by atomic mass is 16.2. The molecule has 6 nitrogen and oxygen atoms in total. The van der Waals surface area contributed by atoms with Gasteiger partial charge in [0.2, 0.25) is 0 Å². The number of rotatable bonds is 5. The van der Waals surface area contributed by atoms with E-state index in [4.69, 9.17) is 10.8 Å². The fraction of sp³-hybridized carbons (Fsp3) is 0.440. The highest BCUT2D eigenvalue weighted by molar-refractivity contribution is 5.86. The molecule has 0 spiro atoms. The van der Waals surface area contributed by atoms with Gasteiger partial charge in [0, 0.05) is 30.7 Å². The molecule has 0 bridgehead atoms. The van der Waals surface area contributed by atoms with Crippen LogP contribution in [0.2, 0.25) is 0 Å². The number of carbonyl (C=O) groups excluding carboxylic acids is 1. The van der Waals surface area contributed by atoms with Gasteiger partial charge in [-0.3, -0.25) is 4.68 Å². The molecule has 1 aliphatic carbocycles. The molecule has 0 unspecified atom stereocenters. The Bertz CT molecular complexity index is 1070. The van der Waals surface area contributed by atoms with E-state index < -0.39 is 0 Å². The van der Waals surface area contributed by atoms with Gasteiger partial charge in [-0.05, 0) is 55.9 Å². The lowest BCUT2D eigenvalue weighted by molar-refractivity contribution is 0.174. The van der Waals surface area contributed by atoms with Gasteiger partial charge in [0.05, 0.1) is 23.3 Å². The van der Waals surface area contributed by atoms with E-state index in [0.717, 1.165) is 25.9 Å². The standard InChI is InChI=1S/C25H31N5O/c1-2-23-22-12-11-20(16-24(22)30(27-23)19-9-6-10-19)28-13-14-29(25(26)31)21(17-28)15-18-7-4-3-5-8-18/h3-5,7-8,11-12,16,19,21H,2,6,9-10,13-15,17H2,1H3,(H2,26,31)/t21-/m0/s1. The molecule has 1 saturated carbocycles. The van der Waals surface area contributed by atoms with Gasteiger partial charge in [-0.15, -0.1) is 0 Å². The average molecular weight is 418 g/mol. The van der Waals surface area contributed by atoms with E-state index in [1.165, 1.54) is 47.1 Å². The molecule has 2 aromatic carbocycles. The second-order valence-corrected chi connectivity index (χ2v) is 8.85. The van der Waals surface area contributed by atoms with Crippen LogP contribution >= 0.6 is 0 Å². The van der Waals surface area contributed by atoms with Crippen molar-refractivity contribution in [3.8, 4) is 0 Å². The molecule has 1 saturated heterocycles. The molecular formula is C25H31N5O. The normalized spacial score (nSPS) is 19.6. The van der Waals surface area contributed by atoms with Crippen LogP contribution in [0.5, 0.6) is 0 Å². The van der Waals surface area contributed by atoms with E-state index in [0.29, 0.717) is 12.6 Å². The molecule has 1 atom stereocenters. The quantitative estimate of drug-likeness (QED) is 0.679. The minimum Gasteiger partial charge on any atom is -0.368 e. The van der Waals surface area contributed by atoms with Crippen LogP contribution in [-0.2, 0) is 12.8 Å². The molecule has 1 aliphatic heterocycles. The van der Waals surface area contributed by atoms with Crippen LogP contribution < -0.4 is 10.6 Å². The van der Waals surface area contributed by atoms with Gasteiger partial charge in [0.15, 0.2) is 0 Å². The lowest BCUT2D eigenvalue weighted by Crippen LogP contribution is -2.57. The Morgan fingerprint density at radius 2 is 1.94 bits per heavy atom. The van der Waals surface area contributed by atoms with Gasteiger partial charge in [-0.25, -0.2) is 4.79 Å². The average Bonchev–Trinajstić information content (AvgIpc) is 3.10. The number of aromatic nitrogens is 2. The van der Waals surface area contributed by atoms with Crippen molar-refractivity contribution in [3.63, 3.8) is 0 Å². The van der Waals surface area contributed by atoms with Gasteiger partial charge < -0.3 is 15.5 Å². The van der Waals surface area contributed by atoms with Crippen molar-refractivity contribution in [3.05, 3.63) is 59.8 Å². The lowest BCUT2D eigenvalue weighted by atomic mass is 9.93. The van der Waals surface area contributed by atoms with Crippen molar-refractivity contribution in [1.82, 2.24) is 14.7 Å². The van der Waals surface area contributed by atoms with Crippen LogP contribution in [0, 0.1) is 0 Å². The summed E-state index contributed by atoms with van der Waals surface area (Å²) in [6.07, 6.45) is 5.50. The zero-order valence-corrected chi connectivity index (χ0v) is 18.2. The van der Waals surface area contributed by atoms with Crippen molar-refractivity contribution >= 4 is 22.6 Å². The summed E-state index contributed by atoms with van der Waals surface area (Å²) in [5.74, 6) is 0. The van der Waals surface area contributed by atoms with Gasteiger partial charge in [-0.2, -0.15) is 5.10 Å². The smallest absolute Gasteiger partial charge is 0.315 e. The molecule has 0 radical (unpaired) electrons. The first-order valence-corrected chi connectivity index (χ1v) is 11.5. The number of piperazine rings is 1. The summed E-state index contributed by atoms with van der Waals surface area (Å²) in [7, 11) is 0. The number of anilines is 1. The van der Waals surface area contributed by atoms with Crippen molar-refractivity contribution in [2.75, 3.05) is 24.5 Å². The summed E-state index contributed by atoms with van der Waals surface area (Å²) in [5, 5.41) is 6.22. The Labute approximate surface area is 183 Å². The number of carbonyl (C=O) groups is 1. The van der Waals surface area contributed by atoms with Gasteiger partial charge in [0.25, 0.3) is 0 Å². The third-order valence-electron chi connectivity index (χ3n) is 6.97. The number of nitrogens with zero attached hydrogens (tertiary/aromatic N) is 4. The van der Waals surface area contributed by atoms with Gasteiger partial charge in [-0.1, -0.05) is 37.3 Å². The third kappa shape index (κ3) is 3.75. The third-order valence-corrected chi connectivity index (χ3v) is 6.97. The van der Waals surface area contributed by atoms with Gasteiger partial charge >= 0.3 is 6.03 Å². The predicted octanol–water partition coefficient (Wildman–Crippen LogP) is 4.14. The molecule has 2 fully saturated rings. The number of hydrogen-bond donors (Lipinski definition) is 1. The number of hydrogen-bond acceptors (Lipinski definition) is 3. The van der Waals surface area contributed by atoms with Crippen molar-refractivity contribution in [2.45, 2.75) is 51.1 Å². The number of amides is 2. The maximum absolute atomic E-state index is 12.1.